The van der Waals surface area contributed by atoms with Crippen LogP contribution in [0.4, 0.5) is 0 Å². The van der Waals surface area contributed by atoms with Crippen molar-refractivity contribution in [1.82, 2.24) is 0 Å². The van der Waals surface area contributed by atoms with Gasteiger partial charge in [-0.1, -0.05) is 55.4 Å². The molecule has 0 aromatic heterocycles. The van der Waals surface area contributed by atoms with Gasteiger partial charge in [0.25, 0.3) is 0 Å². The van der Waals surface area contributed by atoms with Crippen LogP contribution >= 0.6 is 0 Å². The summed E-state index contributed by atoms with van der Waals surface area (Å²) in [6.45, 7) is 18.1. The first-order valence-electron chi connectivity index (χ1n) is 10.5. The van der Waals surface area contributed by atoms with Gasteiger partial charge in [0, 0.05) is 11.6 Å². The summed E-state index contributed by atoms with van der Waals surface area (Å²) < 4.78 is 4.82. The highest BCUT2D eigenvalue weighted by Gasteiger charge is 2.37. The summed E-state index contributed by atoms with van der Waals surface area (Å²) in [5.41, 5.74) is 0.600. The molecular weight excluding hydrogens is 324 g/mol. The fourth-order valence-corrected chi connectivity index (χ4v) is 5.14. The molecule has 3 nitrogen and oxygen atoms in total. The number of carbonyl (C=O) groups excluding carboxylic acids is 2. The standard InChI is InChI=1S/C23H40O3/c1-14(2)9-16(5)11-18(7)22(20-13-21(24)26-23(20)25)19(8)12-17(6)10-15(3)4/h13-19,22H,9-12H2,1-8H3. The molecular formula is C23H40O3. The second-order valence-corrected chi connectivity index (χ2v) is 9.73. The van der Waals surface area contributed by atoms with Gasteiger partial charge in [-0.05, 0) is 67.1 Å². The predicted octanol–water partition coefficient (Wildman–Crippen LogP) is 6.03. The van der Waals surface area contributed by atoms with Crippen LogP contribution in [0.2, 0.25) is 0 Å². The van der Waals surface area contributed by atoms with Gasteiger partial charge in [-0.2, -0.15) is 0 Å². The molecule has 1 rings (SSSR count). The van der Waals surface area contributed by atoms with Crippen LogP contribution in [0, 0.1) is 41.4 Å². The Morgan fingerprint density at radius 1 is 0.731 bits per heavy atom. The fourth-order valence-electron chi connectivity index (χ4n) is 5.14. The molecule has 4 atom stereocenters. The SMILES string of the molecule is CC(C)CC(C)CC(C)C(C1=CC(=O)OC1=O)C(C)CC(C)CC(C)C. The lowest BCUT2D eigenvalue weighted by atomic mass is 9.71. The lowest BCUT2D eigenvalue weighted by Crippen LogP contribution is -2.28. The highest BCUT2D eigenvalue weighted by Crippen LogP contribution is 2.39. The molecule has 0 aromatic rings. The van der Waals surface area contributed by atoms with Crippen molar-refractivity contribution in [3.8, 4) is 0 Å². The topological polar surface area (TPSA) is 43.4 Å². The van der Waals surface area contributed by atoms with Crippen LogP contribution in [0.5, 0.6) is 0 Å². The fraction of sp³-hybridized carbons (Fsp3) is 0.826. The molecule has 150 valence electrons. The van der Waals surface area contributed by atoms with Crippen molar-refractivity contribution in [2.45, 2.75) is 81.1 Å². The highest BCUT2D eigenvalue weighted by molar-refractivity contribution is 6.09. The van der Waals surface area contributed by atoms with Crippen LogP contribution in [0.25, 0.3) is 0 Å². The number of hydrogen-bond acceptors (Lipinski definition) is 3. The summed E-state index contributed by atoms with van der Waals surface area (Å²) in [6, 6.07) is 0. The molecule has 0 saturated heterocycles. The summed E-state index contributed by atoms with van der Waals surface area (Å²) in [7, 11) is 0. The molecule has 0 aliphatic carbocycles. The molecule has 0 radical (unpaired) electrons. The largest absolute Gasteiger partial charge is 0.386 e. The van der Waals surface area contributed by atoms with Gasteiger partial charge in [0.15, 0.2) is 0 Å². The lowest BCUT2D eigenvalue weighted by molar-refractivity contribution is -0.151. The quantitative estimate of drug-likeness (QED) is 0.332. The third-order valence-electron chi connectivity index (χ3n) is 5.58. The first kappa shape index (κ1) is 22.9. The van der Waals surface area contributed by atoms with E-state index >= 15 is 0 Å². The van der Waals surface area contributed by atoms with E-state index in [4.69, 9.17) is 4.74 Å². The lowest BCUT2D eigenvalue weighted by Gasteiger charge is -2.33. The molecule has 0 spiro atoms. The van der Waals surface area contributed by atoms with Gasteiger partial charge in [0.1, 0.15) is 0 Å². The third-order valence-corrected chi connectivity index (χ3v) is 5.58. The number of carbonyl (C=O) groups is 2. The van der Waals surface area contributed by atoms with E-state index in [1.54, 1.807) is 0 Å². The van der Waals surface area contributed by atoms with Crippen LogP contribution < -0.4 is 0 Å². The average molecular weight is 365 g/mol. The number of ether oxygens (including phenoxy) is 1. The van der Waals surface area contributed by atoms with Gasteiger partial charge in [0.05, 0.1) is 0 Å². The van der Waals surface area contributed by atoms with Crippen LogP contribution in [0.3, 0.4) is 0 Å². The minimum atomic E-state index is -0.500. The molecule has 0 bridgehead atoms. The Balaban J connectivity index is 2.93. The molecule has 0 N–H and O–H groups in total. The van der Waals surface area contributed by atoms with E-state index in [-0.39, 0.29) is 5.92 Å². The van der Waals surface area contributed by atoms with E-state index in [0.717, 1.165) is 12.8 Å². The van der Waals surface area contributed by atoms with Crippen molar-refractivity contribution < 1.29 is 14.3 Å². The number of rotatable bonds is 11. The molecule has 1 aliphatic heterocycles. The average Bonchev–Trinajstić information content (AvgIpc) is 2.75. The van der Waals surface area contributed by atoms with E-state index in [1.165, 1.54) is 18.9 Å². The van der Waals surface area contributed by atoms with Gasteiger partial charge in [-0.15, -0.1) is 0 Å². The maximum absolute atomic E-state index is 12.3. The Kier molecular flexibility index (Phi) is 9.06. The molecule has 1 aliphatic rings. The van der Waals surface area contributed by atoms with Crippen molar-refractivity contribution in [1.29, 1.82) is 0 Å². The first-order valence-corrected chi connectivity index (χ1v) is 10.5. The molecule has 0 saturated carbocycles. The Morgan fingerprint density at radius 2 is 1.15 bits per heavy atom. The van der Waals surface area contributed by atoms with Gasteiger partial charge in [-0.3, -0.25) is 0 Å². The monoisotopic (exact) mass is 364 g/mol. The van der Waals surface area contributed by atoms with Crippen molar-refractivity contribution in [2.75, 3.05) is 0 Å². The molecule has 4 unspecified atom stereocenters. The Labute approximate surface area is 161 Å². The second kappa shape index (κ2) is 10.3. The number of cyclic esters (lactones) is 2. The van der Waals surface area contributed by atoms with Gasteiger partial charge < -0.3 is 4.74 Å². The highest BCUT2D eigenvalue weighted by atomic mass is 16.6. The van der Waals surface area contributed by atoms with Crippen LogP contribution in [-0.4, -0.2) is 11.9 Å². The molecule has 0 fully saturated rings. The summed E-state index contributed by atoms with van der Waals surface area (Å²) in [5.74, 6) is 2.46. The molecule has 0 aromatic carbocycles. The molecule has 0 amide bonds. The normalized spacial score (nSPS) is 20.8. The maximum Gasteiger partial charge on any atom is 0.342 e. The van der Waals surface area contributed by atoms with E-state index in [9.17, 15) is 9.59 Å². The van der Waals surface area contributed by atoms with Crippen LogP contribution in [0.15, 0.2) is 11.6 Å². The summed E-state index contributed by atoms with van der Waals surface area (Å²) >= 11 is 0. The Bertz CT molecular complexity index is 480. The molecule has 26 heavy (non-hydrogen) atoms. The predicted molar refractivity (Wildman–Crippen MR) is 107 cm³/mol. The minimum Gasteiger partial charge on any atom is -0.386 e. The maximum atomic E-state index is 12.3. The van der Waals surface area contributed by atoms with Gasteiger partial charge >= 0.3 is 11.9 Å². The van der Waals surface area contributed by atoms with E-state index in [2.05, 4.69) is 55.4 Å². The Hall–Kier alpha value is -1.12. The zero-order valence-corrected chi connectivity index (χ0v) is 18.2. The third kappa shape index (κ3) is 7.25. The summed E-state index contributed by atoms with van der Waals surface area (Å²) in [5, 5.41) is 0. The van der Waals surface area contributed by atoms with Crippen molar-refractivity contribution in [2.24, 2.45) is 41.4 Å². The molecule has 3 heteroatoms. The second-order valence-electron chi connectivity index (χ2n) is 9.73. The minimum absolute atomic E-state index is 0.0955. The number of esters is 2. The van der Waals surface area contributed by atoms with E-state index < -0.39 is 11.9 Å². The van der Waals surface area contributed by atoms with E-state index in [0.29, 0.717) is 41.1 Å². The van der Waals surface area contributed by atoms with Crippen molar-refractivity contribution in [3.63, 3.8) is 0 Å². The zero-order chi connectivity index (χ0) is 20.0. The van der Waals surface area contributed by atoms with Crippen molar-refractivity contribution >= 4 is 11.9 Å². The van der Waals surface area contributed by atoms with E-state index in [1.807, 2.05) is 0 Å². The van der Waals surface area contributed by atoms with Crippen LogP contribution in [-0.2, 0) is 14.3 Å². The Morgan fingerprint density at radius 3 is 1.46 bits per heavy atom. The smallest absolute Gasteiger partial charge is 0.342 e. The summed E-state index contributed by atoms with van der Waals surface area (Å²) in [6.07, 6.45) is 5.98. The summed E-state index contributed by atoms with van der Waals surface area (Å²) in [4.78, 5) is 23.9. The van der Waals surface area contributed by atoms with Crippen molar-refractivity contribution in [3.05, 3.63) is 11.6 Å². The molecule has 1 heterocycles. The van der Waals surface area contributed by atoms with Gasteiger partial charge in [0.2, 0.25) is 0 Å². The van der Waals surface area contributed by atoms with Gasteiger partial charge in [-0.25, -0.2) is 9.59 Å². The van der Waals surface area contributed by atoms with Crippen LogP contribution in [0.1, 0.15) is 81.1 Å². The zero-order valence-electron chi connectivity index (χ0n) is 18.2. The number of hydrogen-bond donors (Lipinski definition) is 0. The first-order chi connectivity index (χ1) is 12.0.